The fourth-order valence-corrected chi connectivity index (χ4v) is 1.92. The monoisotopic (exact) mass is 254 g/mol. The summed E-state index contributed by atoms with van der Waals surface area (Å²) in [7, 11) is 3.35. The van der Waals surface area contributed by atoms with Crippen LogP contribution < -0.4 is 10.1 Å². The molecule has 1 fully saturated rings. The molecule has 0 unspecified atom stereocenters. The van der Waals surface area contributed by atoms with Gasteiger partial charge in [0.1, 0.15) is 5.75 Å². The van der Waals surface area contributed by atoms with E-state index in [0.29, 0.717) is 16.3 Å². The number of nitrogens with zero attached hydrogens (tertiary/aromatic N) is 1. The second-order valence-corrected chi connectivity index (χ2v) is 4.51. The molecule has 0 aliphatic carbocycles. The molecule has 0 aromatic heterocycles. The normalized spacial score (nSPS) is 15.2. The van der Waals surface area contributed by atoms with E-state index < -0.39 is 0 Å². The number of hydrogen-bond acceptors (Lipinski definition) is 3. The number of ether oxygens (including phenoxy) is 1. The molecule has 1 aromatic carbocycles. The van der Waals surface area contributed by atoms with Crippen molar-refractivity contribution in [3.63, 3.8) is 0 Å². The van der Waals surface area contributed by atoms with Crippen LogP contribution in [0.2, 0.25) is 5.02 Å². The highest BCUT2D eigenvalue weighted by atomic mass is 35.5. The summed E-state index contributed by atoms with van der Waals surface area (Å²) in [6, 6.07) is 5.32. The first-order chi connectivity index (χ1) is 8.13. The van der Waals surface area contributed by atoms with Crippen molar-refractivity contribution in [2.45, 2.75) is 6.04 Å². The van der Waals surface area contributed by atoms with Gasteiger partial charge in [-0.05, 0) is 18.2 Å². The van der Waals surface area contributed by atoms with Crippen LogP contribution in [0.25, 0.3) is 0 Å². The van der Waals surface area contributed by atoms with Gasteiger partial charge in [-0.1, -0.05) is 11.6 Å². The summed E-state index contributed by atoms with van der Waals surface area (Å²) < 4.78 is 5.18. The third-order valence-electron chi connectivity index (χ3n) is 3.02. The number of nitrogens with one attached hydrogen (secondary N) is 1. The van der Waals surface area contributed by atoms with E-state index in [4.69, 9.17) is 16.3 Å². The molecule has 2 rings (SSSR count). The summed E-state index contributed by atoms with van der Waals surface area (Å²) in [5, 5.41) is 3.67. The maximum Gasteiger partial charge on any atom is 0.257 e. The number of rotatable bonds is 3. The Hall–Kier alpha value is -1.26. The van der Waals surface area contributed by atoms with Crippen LogP contribution in [0.5, 0.6) is 5.75 Å². The van der Waals surface area contributed by atoms with E-state index in [0.717, 1.165) is 13.1 Å². The SMILES string of the molecule is COc1ccc(Cl)cc1C(=O)N(C)C1CNC1. The molecule has 17 heavy (non-hydrogen) atoms. The molecule has 1 amide bonds. The van der Waals surface area contributed by atoms with E-state index in [2.05, 4.69) is 5.32 Å². The van der Waals surface area contributed by atoms with Gasteiger partial charge in [0.15, 0.2) is 0 Å². The Kier molecular flexibility index (Phi) is 3.54. The first-order valence-corrected chi connectivity index (χ1v) is 5.82. The lowest BCUT2D eigenvalue weighted by atomic mass is 10.1. The van der Waals surface area contributed by atoms with Crippen LogP contribution in [0.15, 0.2) is 18.2 Å². The number of halogens is 1. The van der Waals surface area contributed by atoms with E-state index >= 15 is 0 Å². The van der Waals surface area contributed by atoms with E-state index in [1.165, 1.54) is 0 Å². The van der Waals surface area contributed by atoms with Crippen molar-refractivity contribution in [2.24, 2.45) is 0 Å². The number of carbonyl (C=O) groups is 1. The molecule has 0 saturated carbocycles. The zero-order valence-corrected chi connectivity index (χ0v) is 10.6. The Labute approximate surface area is 106 Å². The molecule has 1 saturated heterocycles. The van der Waals surface area contributed by atoms with Gasteiger partial charge in [0.05, 0.1) is 18.7 Å². The summed E-state index contributed by atoms with van der Waals surface area (Å²) in [4.78, 5) is 14.0. The summed E-state index contributed by atoms with van der Waals surface area (Å²) in [6.45, 7) is 1.68. The van der Waals surface area contributed by atoms with Crippen molar-refractivity contribution in [3.8, 4) is 5.75 Å². The van der Waals surface area contributed by atoms with Gasteiger partial charge in [0.2, 0.25) is 0 Å². The summed E-state index contributed by atoms with van der Waals surface area (Å²) in [5.74, 6) is 0.495. The van der Waals surface area contributed by atoms with Crippen molar-refractivity contribution in [1.82, 2.24) is 10.2 Å². The van der Waals surface area contributed by atoms with Crippen LogP contribution in [0.4, 0.5) is 0 Å². The van der Waals surface area contributed by atoms with Gasteiger partial charge >= 0.3 is 0 Å². The lowest BCUT2D eigenvalue weighted by Gasteiger charge is -2.35. The number of carbonyl (C=O) groups excluding carboxylic acids is 1. The van der Waals surface area contributed by atoms with Crippen molar-refractivity contribution in [2.75, 3.05) is 27.2 Å². The smallest absolute Gasteiger partial charge is 0.257 e. The standard InChI is InChI=1S/C12H15ClN2O2/c1-15(9-6-14-7-9)12(16)10-5-8(13)3-4-11(10)17-2/h3-5,9,14H,6-7H2,1-2H3. The molecule has 0 radical (unpaired) electrons. The summed E-state index contributed by atoms with van der Waals surface area (Å²) in [5.41, 5.74) is 0.509. The molecule has 4 nitrogen and oxygen atoms in total. The molecule has 1 N–H and O–H groups in total. The first-order valence-electron chi connectivity index (χ1n) is 5.45. The minimum Gasteiger partial charge on any atom is -0.496 e. The zero-order chi connectivity index (χ0) is 12.4. The molecule has 1 heterocycles. The predicted octanol–water partition coefficient (Wildman–Crippen LogP) is 1.39. The van der Waals surface area contributed by atoms with Crippen molar-refractivity contribution in [3.05, 3.63) is 28.8 Å². The van der Waals surface area contributed by atoms with Gasteiger partial charge in [-0.15, -0.1) is 0 Å². The number of amides is 1. The van der Waals surface area contributed by atoms with Gasteiger partial charge in [-0.25, -0.2) is 0 Å². The average molecular weight is 255 g/mol. The minimum atomic E-state index is -0.0594. The van der Waals surface area contributed by atoms with Gasteiger partial charge in [-0.2, -0.15) is 0 Å². The number of likely N-dealkylation sites (N-methyl/N-ethyl adjacent to an activating group) is 1. The Balaban J connectivity index is 2.25. The number of benzene rings is 1. The molecule has 0 atom stereocenters. The quantitative estimate of drug-likeness (QED) is 0.887. The first kappa shape index (κ1) is 12.2. The molecule has 1 aliphatic rings. The van der Waals surface area contributed by atoms with Crippen LogP contribution in [0.3, 0.4) is 0 Å². The second-order valence-electron chi connectivity index (χ2n) is 4.07. The zero-order valence-electron chi connectivity index (χ0n) is 9.87. The molecular formula is C12H15ClN2O2. The Bertz CT molecular complexity index is 433. The minimum absolute atomic E-state index is 0.0594. The molecule has 5 heteroatoms. The van der Waals surface area contributed by atoms with Gasteiger partial charge in [0.25, 0.3) is 5.91 Å². The van der Waals surface area contributed by atoms with Crippen LogP contribution in [0.1, 0.15) is 10.4 Å². The maximum absolute atomic E-state index is 12.3. The topological polar surface area (TPSA) is 41.6 Å². The fourth-order valence-electron chi connectivity index (χ4n) is 1.75. The third kappa shape index (κ3) is 2.37. The van der Waals surface area contributed by atoms with Crippen LogP contribution in [-0.2, 0) is 0 Å². The Morgan fingerprint density at radius 1 is 1.53 bits per heavy atom. The predicted molar refractivity (Wildman–Crippen MR) is 66.8 cm³/mol. The van der Waals surface area contributed by atoms with Crippen LogP contribution in [-0.4, -0.2) is 44.1 Å². The van der Waals surface area contributed by atoms with E-state index in [1.54, 1.807) is 37.3 Å². The number of hydrogen-bond donors (Lipinski definition) is 1. The third-order valence-corrected chi connectivity index (χ3v) is 3.26. The lowest BCUT2D eigenvalue weighted by Crippen LogP contribution is -2.57. The average Bonchev–Trinajstić information content (AvgIpc) is 2.25. The molecule has 1 aromatic rings. The van der Waals surface area contributed by atoms with Crippen molar-refractivity contribution in [1.29, 1.82) is 0 Å². The van der Waals surface area contributed by atoms with E-state index in [9.17, 15) is 4.79 Å². The lowest BCUT2D eigenvalue weighted by molar-refractivity contribution is 0.0678. The van der Waals surface area contributed by atoms with Gasteiger partial charge in [-0.3, -0.25) is 4.79 Å². The second kappa shape index (κ2) is 4.94. The van der Waals surface area contributed by atoms with Crippen molar-refractivity contribution >= 4 is 17.5 Å². The largest absolute Gasteiger partial charge is 0.496 e. The molecule has 0 spiro atoms. The van der Waals surface area contributed by atoms with Gasteiger partial charge in [0, 0.05) is 25.2 Å². The highest BCUT2D eigenvalue weighted by molar-refractivity contribution is 6.31. The molecule has 0 bridgehead atoms. The summed E-state index contributed by atoms with van der Waals surface area (Å²) >= 11 is 5.91. The Morgan fingerprint density at radius 2 is 2.24 bits per heavy atom. The highest BCUT2D eigenvalue weighted by Gasteiger charge is 2.27. The molecule has 92 valence electrons. The van der Waals surface area contributed by atoms with E-state index in [-0.39, 0.29) is 11.9 Å². The number of methoxy groups -OCH3 is 1. The molecular weight excluding hydrogens is 240 g/mol. The van der Waals surface area contributed by atoms with Crippen molar-refractivity contribution < 1.29 is 9.53 Å². The Morgan fingerprint density at radius 3 is 2.76 bits per heavy atom. The van der Waals surface area contributed by atoms with Crippen LogP contribution >= 0.6 is 11.6 Å². The highest BCUT2D eigenvalue weighted by Crippen LogP contribution is 2.24. The molecule has 1 aliphatic heterocycles. The maximum atomic E-state index is 12.3. The van der Waals surface area contributed by atoms with Crippen LogP contribution in [0, 0.1) is 0 Å². The van der Waals surface area contributed by atoms with E-state index in [1.807, 2.05) is 0 Å². The summed E-state index contributed by atoms with van der Waals surface area (Å²) in [6.07, 6.45) is 0. The van der Waals surface area contributed by atoms with Gasteiger partial charge < -0.3 is 15.0 Å². The fraction of sp³-hybridized carbons (Fsp3) is 0.417.